The SMILES string of the molecule is Cc1ccn(CCc2ccccc2F)c(=O)c1C(=O)O. The molecule has 0 unspecified atom stereocenters. The molecule has 0 fully saturated rings. The molecule has 0 saturated heterocycles. The first kappa shape index (κ1) is 14.0. The summed E-state index contributed by atoms with van der Waals surface area (Å²) in [6.07, 6.45) is 1.86. The van der Waals surface area contributed by atoms with Crippen LogP contribution in [0.5, 0.6) is 0 Å². The van der Waals surface area contributed by atoms with Gasteiger partial charge in [0.1, 0.15) is 11.4 Å². The Labute approximate surface area is 115 Å². The molecule has 1 aromatic heterocycles. The fourth-order valence-electron chi connectivity index (χ4n) is 2.04. The quantitative estimate of drug-likeness (QED) is 0.931. The number of hydrogen-bond donors (Lipinski definition) is 1. The first-order valence-electron chi connectivity index (χ1n) is 6.17. The second-order valence-corrected chi connectivity index (χ2v) is 4.52. The number of pyridine rings is 1. The van der Waals surface area contributed by atoms with E-state index in [1.807, 2.05) is 0 Å². The number of aromatic nitrogens is 1. The number of rotatable bonds is 4. The second kappa shape index (κ2) is 5.69. The van der Waals surface area contributed by atoms with Crippen molar-refractivity contribution >= 4 is 5.97 Å². The van der Waals surface area contributed by atoms with Gasteiger partial charge >= 0.3 is 5.97 Å². The van der Waals surface area contributed by atoms with Gasteiger partial charge in [0.2, 0.25) is 0 Å². The predicted octanol–water partition coefficient (Wildman–Crippen LogP) is 2.24. The van der Waals surface area contributed by atoms with Crippen LogP contribution in [0.2, 0.25) is 0 Å². The van der Waals surface area contributed by atoms with Crippen LogP contribution in [0.15, 0.2) is 41.3 Å². The van der Waals surface area contributed by atoms with Crippen molar-refractivity contribution in [2.24, 2.45) is 0 Å². The lowest BCUT2D eigenvalue weighted by atomic mass is 10.1. The predicted molar refractivity (Wildman–Crippen MR) is 72.5 cm³/mol. The van der Waals surface area contributed by atoms with Crippen LogP contribution in [0.3, 0.4) is 0 Å². The molecule has 1 N–H and O–H groups in total. The average Bonchev–Trinajstić information content (AvgIpc) is 2.39. The number of aryl methyl sites for hydroxylation is 3. The van der Waals surface area contributed by atoms with Gasteiger partial charge in [-0.2, -0.15) is 0 Å². The van der Waals surface area contributed by atoms with E-state index in [2.05, 4.69) is 0 Å². The molecule has 0 aliphatic rings. The lowest BCUT2D eigenvalue weighted by Crippen LogP contribution is -2.27. The zero-order chi connectivity index (χ0) is 14.7. The van der Waals surface area contributed by atoms with E-state index in [1.54, 1.807) is 31.2 Å². The first-order valence-corrected chi connectivity index (χ1v) is 6.17. The zero-order valence-corrected chi connectivity index (χ0v) is 11.0. The van der Waals surface area contributed by atoms with Crippen molar-refractivity contribution in [3.05, 3.63) is 69.4 Å². The summed E-state index contributed by atoms with van der Waals surface area (Å²) in [6, 6.07) is 7.90. The summed E-state index contributed by atoms with van der Waals surface area (Å²) < 4.78 is 14.8. The molecule has 4 nitrogen and oxygen atoms in total. The molecule has 0 spiro atoms. The van der Waals surface area contributed by atoms with Crippen molar-refractivity contribution < 1.29 is 14.3 Å². The van der Waals surface area contributed by atoms with Gasteiger partial charge in [0.15, 0.2) is 0 Å². The largest absolute Gasteiger partial charge is 0.477 e. The van der Waals surface area contributed by atoms with Crippen molar-refractivity contribution in [3.8, 4) is 0 Å². The molecule has 20 heavy (non-hydrogen) atoms. The summed E-state index contributed by atoms with van der Waals surface area (Å²) >= 11 is 0. The van der Waals surface area contributed by atoms with E-state index in [0.29, 0.717) is 17.5 Å². The Morgan fingerprint density at radius 2 is 2.00 bits per heavy atom. The number of nitrogens with zero attached hydrogens (tertiary/aromatic N) is 1. The van der Waals surface area contributed by atoms with Crippen LogP contribution in [0.4, 0.5) is 4.39 Å². The number of benzene rings is 1. The third-order valence-corrected chi connectivity index (χ3v) is 3.17. The smallest absolute Gasteiger partial charge is 0.341 e. The Kier molecular flexibility index (Phi) is 3.98. The Balaban J connectivity index is 2.28. The molecule has 0 atom stereocenters. The lowest BCUT2D eigenvalue weighted by molar-refractivity contribution is 0.0693. The number of hydrogen-bond acceptors (Lipinski definition) is 2. The van der Waals surface area contributed by atoms with E-state index >= 15 is 0 Å². The standard InChI is InChI=1S/C15H14FNO3/c1-10-6-8-17(14(18)13(10)15(19)20)9-7-11-4-2-3-5-12(11)16/h2-6,8H,7,9H2,1H3,(H,19,20). The van der Waals surface area contributed by atoms with Crippen molar-refractivity contribution in [1.82, 2.24) is 4.57 Å². The first-order chi connectivity index (χ1) is 9.50. The maximum atomic E-state index is 13.5. The summed E-state index contributed by atoms with van der Waals surface area (Å²) in [5.74, 6) is -1.57. The van der Waals surface area contributed by atoms with Crippen LogP contribution in [-0.4, -0.2) is 15.6 Å². The highest BCUT2D eigenvalue weighted by Crippen LogP contribution is 2.08. The molecule has 0 radical (unpaired) electrons. The highest BCUT2D eigenvalue weighted by molar-refractivity contribution is 5.88. The summed E-state index contributed by atoms with van der Waals surface area (Å²) in [6.45, 7) is 1.81. The minimum atomic E-state index is -1.24. The van der Waals surface area contributed by atoms with E-state index in [0.717, 1.165) is 0 Å². The average molecular weight is 275 g/mol. The van der Waals surface area contributed by atoms with Gasteiger partial charge in [-0.05, 0) is 36.6 Å². The van der Waals surface area contributed by atoms with E-state index in [1.165, 1.54) is 16.8 Å². The topological polar surface area (TPSA) is 59.3 Å². The molecule has 0 bridgehead atoms. The molecule has 0 saturated carbocycles. The van der Waals surface area contributed by atoms with Gasteiger partial charge in [0.25, 0.3) is 5.56 Å². The highest BCUT2D eigenvalue weighted by atomic mass is 19.1. The lowest BCUT2D eigenvalue weighted by Gasteiger charge is -2.09. The molecule has 1 aromatic carbocycles. The number of halogens is 1. The molecule has 2 aromatic rings. The third-order valence-electron chi connectivity index (χ3n) is 3.17. The number of carbonyl (C=O) groups is 1. The maximum Gasteiger partial charge on any atom is 0.341 e. The van der Waals surface area contributed by atoms with Gasteiger partial charge in [-0.25, -0.2) is 9.18 Å². The van der Waals surface area contributed by atoms with Gasteiger partial charge in [-0.15, -0.1) is 0 Å². The zero-order valence-electron chi connectivity index (χ0n) is 11.0. The minimum absolute atomic E-state index is 0.235. The Bertz CT molecular complexity index is 707. The molecular formula is C15H14FNO3. The molecule has 1 heterocycles. The molecule has 104 valence electrons. The van der Waals surface area contributed by atoms with Crippen LogP contribution in [0.25, 0.3) is 0 Å². The van der Waals surface area contributed by atoms with Gasteiger partial charge < -0.3 is 9.67 Å². The van der Waals surface area contributed by atoms with Crippen molar-refractivity contribution in [3.63, 3.8) is 0 Å². The Morgan fingerprint density at radius 1 is 1.30 bits per heavy atom. The van der Waals surface area contributed by atoms with Gasteiger partial charge in [-0.3, -0.25) is 4.79 Å². The van der Waals surface area contributed by atoms with Crippen molar-refractivity contribution in [2.45, 2.75) is 19.9 Å². The van der Waals surface area contributed by atoms with E-state index in [4.69, 9.17) is 5.11 Å². The summed E-state index contributed by atoms with van der Waals surface area (Å²) in [5.41, 5.74) is 0.122. The number of carboxylic acids is 1. The van der Waals surface area contributed by atoms with E-state index in [-0.39, 0.29) is 17.9 Å². The molecular weight excluding hydrogens is 261 g/mol. The minimum Gasteiger partial charge on any atom is -0.477 e. The highest BCUT2D eigenvalue weighted by Gasteiger charge is 2.14. The van der Waals surface area contributed by atoms with Crippen LogP contribution < -0.4 is 5.56 Å². The molecule has 0 aliphatic carbocycles. The van der Waals surface area contributed by atoms with E-state index in [9.17, 15) is 14.0 Å². The summed E-state index contributed by atoms with van der Waals surface area (Å²) in [7, 11) is 0. The normalized spacial score (nSPS) is 10.5. The molecule has 2 rings (SSSR count). The van der Waals surface area contributed by atoms with Crippen LogP contribution >= 0.6 is 0 Å². The van der Waals surface area contributed by atoms with Crippen LogP contribution in [0, 0.1) is 12.7 Å². The maximum absolute atomic E-state index is 13.5. The van der Waals surface area contributed by atoms with Gasteiger partial charge in [0, 0.05) is 12.7 Å². The van der Waals surface area contributed by atoms with Crippen LogP contribution in [-0.2, 0) is 13.0 Å². The Morgan fingerprint density at radius 3 is 2.65 bits per heavy atom. The molecule has 0 aliphatic heterocycles. The van der Waals surface area contributed by atoms with E-state index < -0.39 is 11.5 Å². The number of aromatic carboxylic acids is 1. The van der Waals surface area contributed by atoms with Gasteiger partial charge in [0.05, 0.1) is 0 Å². The Hall–Kier alpha value is -2.43. The number of carboxylic acid groups (broad SMARTS) is 1. The summed E-state index contributed by atoms with van der Waals surface area (Å²) in [5, 5.41) is 9.03. The third kappa shape index (κ3) is 2.77. The van der Waals surface area contributed by atoms with Gasteiger partial charge in [-0.1, -0.05) is 18.2 Å². The summed E-state index contributed by atoms with van der Waals surface area (Å²) in [4.78, 5) is 23.1. The molecule has 0 amide bonds. The second-order valence-electron chi connectivity index (χ2n) is 4.52. The van der Waals surface area contributed by atoms with Crippen molar-refractivity contribution in [2.75, 3.05) is 0 Å². The fraction of sp³-hybridized carbons (Fsp3) is 0.200. The van der Waals surface area contributed by atoms with Crippen molar-refractivity contribution in [1.29, 1.82) is 0 Å². The monoisotopic (exact) mass is 275 g/mol. The van der Waals surface area contributed by atoms with Crippen LogP contribution in [0.1, 0.15) is 21.5 Å². The fourth-order valence-corrected chi connectivity index (χ4v) is 2.04. The molecule has 5 heteroatoms.